The van der Waals surface area contributed by atoms with Crippen LogP contribution in [-0.4, -0.2) is 212 Å². The van der Waals surface area contributed by atoms with Gasteiger partial charge in [-0.25, -0.2) is 0 Å². The van der Waals surface area contributed by atoms with Crippen LogP contribution in [-0.2, 0) is 4.79 Å². The van der Waals surface area contributed by atoms with Crippen molar-refractivity contribution in [1.82, 2.24) is 49.8 Å². The van der Waals surface area contributed by atoms with E-state index in [2.05, 4.69) is 77.5 Å². The van der Waals surface area contributed by atoms with Gasteiger partial charge in [-0.3, -0.25) is 34.2 Å². The van der Waals surface area contributed by atoms with Gasteiger partial charge in [-0.15, -0.1) is 0 Å². The Labute approximate surface area is 293 Å². The van der Waals surface area contributed by atoms with Crippen molar-refractivity contribution in [3.63, 3.8) is 0 Å². The summed E-state index contributed by atoms with van der Waals surface area (Å²) in [5, 5.41) is 7.74. The molecule has 0 bridgehead atoms. The molecule has 0 aromatic carbocycles. The lowest BCUT2D eigenvalue weighted by Gasteiger charge is -2.51. The van der Waals surface area contributed by atoms with Gasteiger partial charge in [0.2, 0.25) is 0 Å². The van der Waals surface area contributed by atoms with Crippen LogP contribution in [0, 0.1) is 0 Å². The lowest BCUT2D eigenvalue weighted by Crippen LogP contribution is -2.71. The van der Waals surface area contributed by atoms with Gasteiger partial charge >= 0.3 is 0 Å². The van der Waals surface area contributed by atoms with Crippen molar-refractivity contribution in [2.24, 2.45) is 0 Å². The topological polar surface area (TPSA) is 67.1 Å². The SMILES string of the molecule is CC(C)N1CCN(C(C(=O)C(N2CCN(C(C)C)CC2)N2CCNC(CN3CCCCC3)C2)N2CCNC(CN3CCCCC3)C2)CC1. The molecule has 0 amide bonds. The predicted octanol–water partition coefficient (Wildman–Crippen LogP) is 0.779. The van der Waals surface area contributed by atoms with Crippen LogP contribution in [0.25, 0.3) is 0 Å². The van der Waals surface area contributed by atoms with E-state index in [1.807, 2.05) is 0 Å². The Hall–Kier alpha value is -0.730. The van der Waals surface area contributed by atoms with Crippen LogP contribution in [0.1, 0.15) is 66.2 Å². The molecule has 6 aliphatic rings. The van der Waals surface area contributed by atoms with Gasteiger partial charge in [0.25, 0.3) is 0 Å². The first kappa shape index (κ1) is 37.0. The number of ketones is 1. The highest BCUT2D eigenvalue weighted by atomic mass is 16.1. The lowest BCUT2D eigenvalue weighted by molar-refractivity contribution is -0.150. The van der Waals surface area contributed by atoms with E-state index in [1.54, 1.807) is 0 Å². The van der Waals surface area contributed by atoms with Crippen molar-refractivity contribution in [2.75, 3.05) is 131 Å². The Morgan fingerprint density at radius 3 is 1.19 bits per heavy atom. The molecule has 0 aromatic rings. The minimum Gasteiger partial charge on any atom is -0.310 e. The predicted molar refractivity (Wildman–Crippen MR) is 196 cm³/mol. The zero-order chi connectivity index (χ0) is 33.5. The van der Waals surface area contributed by atoms with Crippen LogP contribution in [0.5, 0.6) is 0 Å². The normalized spacial score (nSPS) is 31.0. The first-order valence-corrected chi connectivity index (χ1v) is 20.2. The van der Waals surface area contributed by atoms with Gasteiger partial charge in [-0.1, -0.05) is 12.8 Å². The highest BCUT2D eigenvalue weighted by Crippen LogP contribution is 2.24. The Bertz CT molecular complexity index is 882. The molecule has 4 unspecified atom stereocenters. The highest BCUT2D eigenvalue weighted by Gasteiger charge is 2.45. The maximum atomic E-state index is 15.6. The number of Topliss-reactive ketones (excluding diaryl/α,β-unsaturated/α-hetero) is 1. The number of nitrogens with zero attached hydrogens (tertiary/aromatic N) is 8. The van der Waals surface area contributed by atoms with Crippen LogP contribution in [0.2, 0.25) is 0 Å². The van der Waals surface area contributed by atoms with Crippen molar-refractivity contribution >= 4 is 5.78 Å². The molecule has 11 nitrogen and oxygen atoms in total. The minimum atomic E-state index is -0.158. The molecular formula is C37H72N10O. The molecule has 0 saturated carbocycles. The van der Waals surface area contributed by atoms with Crippen LogP contribution in [0.3, 0.4) is 0 Å². The molecule has 276 valence electrons. The molecule has 6 fully saturated rings. The zero-order valence-corrected chi connectivity index (χ0v) is 31.3. The van der Waals surface area contributed by atoms with E-state index < -0.39 is 0 Å². The van der Waals surface area contributed by atoms with E-state index in [4.69, 9.17) is 0 Å². The van der Waals surface area contributed by atoms with E-state index in [0.29, 0.717) is 30.0 Å². The summed E-state index contributed by atoms with van der Waals surface area (Å²) in [5.74, 6) is 0.447. The molecule has 6 heterocycles. The molecule has 0 aliphatic carbocycles. The van der Waals surface area contributed by atoms with Crippen LogP contribution < -0.4 is 10.6 Å². The van der Waals surface area contributed by atoms with Crippen molar-refractivity contribution in [3.8, 4) is 0 Å². The number of piperazine rings is 4. The number of piperidine rings is 2. The fourth-order valence-corrected chi connectivity index (χ4v) is 9.61. The number of nitrogens with one attached hydrogen (secondary N) is 2. The smallest absolute Gasteiger partial charge is 0.196 e. The average Bonchev–Trinajstić information content (AvgIpc) is 3.10. The maximum Gasteiger partial charge on any atom is 0.196 e. The third kappa shape index (κ3) is 9.78. The van der Waals surface area contributed by atoms with E-state index in [1.165, 1.54) is 64.7 Å². The molecule has 2 N–H and O–H groups in total. The molecule has 48 heavy (non-hydrogen) atoms. The second-order valence-electron chi connectivity index (χ2n) is 16.5. The summed E-state index contributed by atoms with van der Waals surface area (Å²) in [6.45, 7) is 30.2. The summed E-state index contributed by atoms with van der Waals surface area (Å²) in [4.78, 5) is 36.6. The third-order valence-corrected chi connectivity index (χ3v) is 12.5. The molecule has 0 radical (unpaired) electrons. The Kier molecular flexibility index (Phi) is 14.0. The van der Waals surface area contributed by atoms with Crippen LogP contribution >= 0.6 is 0 Å². The van der Waals surface area contributed by atoms with Crippen molar-refractivity contribution in [2.45, 2.75) is 103 Å². The van der Waals surface area contributed by atoms with Crippen LogP contribution in [0.15, 0.2) is 0 Å². The molecule has 6 rings (SSSR count). The Morgan fingerprint density at radius 1 is 0.479 bits per heavy atom. The summed E-state index contributed by atoms with van der Waals surface area (Å²) in [7, 11) is 0. The fraction of sp³-hybridized carbons (Fsp3) is 0.973. The fourth-order valence-electron chi connectivity index (χ4n) is 9.61. The largest absolute Gasteiger partial charge is 0.310 e. The summed E-state index contributed by atoms with van der Waals surface area (Å²) in [5.41, 5.74) is 0. The molecule has 0 aromatic heterocycles. The quantitative estimate of drug-likeness (QED) is 0.310. The van der Waals surface area contributed by atoms with Gasteiger partial charge < -0.3 is 20.4 Å². The number of carbonyl (C=O) groups excluding carboxylic acids is 1. The number of hydrogen-bond acceptors (Lipinski definition) is 11. The minimum absolute atomic E-state index is 0.158. The summed E-state index contributed by atoms with van der Waals surface area (Å²) in [6.07, 6.45) is 7.73. The van der Waals surface area contributed by atoms with Gasteiger partial charge in [0, 0.05) is 129 Å². The number of carbonyl (C=O) groups is 1. The van der Waals surface area contributed by atoms with Gasteiger partial charge in [0.05, 0.1) is 0 Å². The maximum absolute atomic E-state index is 15.6. The second kappa shape index (κ2) is 18.2. The van der Waals surface area contributed by atoms with Gasteiger partial charge in [-0.2, -0.15) is 0 Å². The van der Waals surface area contributed by atoms with Gasteiger partial charge in [0.15, 0.2) is 5.78 Å². The first-order valence-electron chi connectivity index (χ1n) is 20.2. The van der Waals surface area contributed by atoms with Gasteiger partial charge in [0.1, 0.15) is 12.3 Å². The average molecular weight is 673 g/mol. The highest BCUT2D eigenvalue weighted by molar-refractivity contribution is 5.88. The molecular weight excluding hydrogens is 600 g/mol. The van der Waals surface area contributed by atoms with E-state index in [9.17, 15) is 0 Å². The lowest BCUT2D eigenvalue weighted by atomic mass is 10.0. The number of hydrogen-bond donors (Lipinski definition) is 2. The summed E-state index contributed by atoms with van der Waals surface area (Å²) < 4.78 is 0. The zero-order valence-electron chi connectivity index (χ0n) is 31.3. The van der Waals surface area contributed by atoms with Crippen molar-refractivity contribution < 1.29 is 4.79 Å². The second-order valence-corrected chi connectivity index (χ2v) is 16.5. The molecule has 6 aliphatic heterocycles. The molecule has 6 saturated heterocycles. The van der Waals surface area contributed by atoms with Gasteiger partial charge in [-0.05, 0) is 79.6 Å². The Morgan fingerprint density at radius 2 is 0.833 bits per heavy atom. The number of rotatable bonds is 12. The van der Waals surface area contributed by atoms with E-state index >= 15 is 4.79 Å². The van der Waals surface area contributed by atoms with Crippen molar-refractivity contribution in [3.05, 3.63) is 0 Å². The first-order chi connectivity index (χ1) is 23.4. The standard InChI is InChI=1S/C37H72N10O/c1-31(2)42-19-23-44(24-20-42)36(46-17-11-38-33(29-46)27-40-13-7-5-8-14-40)35(48)37(45-25-21-43(22-26-45)32(3)4)47-18-12-39-34(30-47)28-41-15-9-6-10-16-41/h31-34,36-39H,5-30H2,1-4H3. The van der Waals surface area contributed by atoms with E-state index in [-0.39, 0.29) is 12.3 Å². The van der Waals surface area contributed by atoms with Crippen LogP contribution in [0.4, 0.5) is 0 Å². The van der Waals surface area contributed by atoms with Crippen molar-refractivity contribution in [1.29, 1.82) is 0 Å². The summed E-state index contributed by atoms with van der Waals surface area (Å²) in [6, 6.07) is 1.95. The monoisotopic (exact) mass is 673 g/mol. The third-order valence-electron chi connectivity index (χ3n) is 12.5. The number of likely N-dealkylation sites (tertiary alicyclic amines) is 2. The molecule has 0 spiro atoms. The van der Waals surface area contributed by atoms with E-state index in [0.717, 1.165) is 105 Å². The molecule has 11 heteroatoms. The Balaban J connectivity index is 1.23. The summed E-state index contributed by atoms with van der Waals surface area (Å²) >= 11 is 0. The molecule has 4 atom stereocenters.